The van der Waals surface area contributed by atoms with Crippen LogP contribution in [0, 0.1) is 0 Å². The number of oxazole rings is 1. The third kappa shape index (κ3) is 3.80. The van der Waals surface area contributed by atoms with Crippen LogP contribution in [0.2, 0.25) is 0 Å². The zero-order valence-corrected chi connectivity index (χ0v) is 14.5. The molecule has 24 heavy (non-hydrogen) atoms. The summed E-state index contributed by atoms with van der Waals surface area (Å²) >= 11 is 1.41. The fraction of sp³-hybridized carbons (Fsp3) is 0.235. The van der Waals surface area contributed by atoms with E-state index in [1.807, 2.05) is 6.08 Å². The molecule has 0 saturated heterocycles. The molecule has 1 N–H and O–H groups in total. The summed E-state index contributed by atoms with van der Waals surface area (Å²) in [5.74, 6) is 1.40. The van der Waals surface area contributed by atoms with Gasteiger partial charge in [0, 0.05) is 28.8 Å². The Bertz CT molecular complexity index is 928. The van der Waals surface area contributed by atoms with E-state index in [9.17, 15) is 5.21 Å². The van der Waals surface area contributed by atoms with Crippen molar-refractivity contribution in [2.75, 3.05) is 0 Å². The van der Waals surface area contributed by atoms with Crippen molar-refractivity contribution in [2.45, 2.75) is 26.2 Å². The molecule has 0 atom stereocenters. The van der Waals surface area contributed by atoms with Crippen molar-refractivity contribution in [1.82, 2.24) is 14.7 Å². The number of nitrogens with zero attached hydrogens (tertiary/aromatic N) is 4. The monoisotopic (exact) mass is 342 g/mol. The lowest BCUT2D eigenvalue weighted by atomic mass is 9.94. The lowest BCUT2D eigenvalue weighted by Crippen LogP contribution is -2.16. The second kappa shape index (κ2) is 6.45. The first-order chi connectivity index (χ1) is 11.4. The van der Waals surface area contributed by atoms with E-state index >= 15 is 0 Å². The Hall–Kier alpha value is -2.67. The molecule has 0 spiro atoms. The van der Waals surface area contributed by atoms with Gasteiger partial charge in [-0.1, -0.05) is 38.2 Å². The predicted molar refractivity (Wildman–Crippen MR) is 93.1 cm³/mol. The molecule has 0 amide bonds. The minimum atomic E-state index is -0.0645. The maximum absolute atomic E-state index is 9.66. The second-order valence-electron chi connectivity index (χ2n) is 6.21. The van der Waals surface area contributed by atoms with Crippen molar-refractivity contribution in [3.63, 3.8) is 0 Å². The number of aromatic nitrogens is 3. The Morgan fingerprint density at radius 3 is 2.75 bits per heavy atom. The topological polar surface area (TPSA) is 76.4 Å². The van der Waals surface area contributed by atoms with Crippen LogP contribution in [0.25, 0.3) is 12.2 Å². The van der Waals surface area contributed by atoms with Gasteiger partial charge >= 0.3 is 0 Å². The minimum absolute atomic E-state index is 0.0645. The van der Waals surface area contributed by atoms with Crippen LogP contribution in [0.15, 0.2) is 46.2 Å². The summed E-state index contributed by atoms with van der Waals surface area (Å²) in [6.45, 7) is 6.24. The zero-order chi connectivity index (χ0) is 17.2. The second-order valence-corrected chi connectivity index (χ2v) is 7.25. The molecule has 3 aromatic heterocycles. The Balaban J connectivity index is 1.78. The molecule has 124 valence electrons. The van der Waals surface area contributed by atoms with Crippen LogP contribution >= 0.6 is 11.3 Å². The number of hydrogen-bond acceptors (Lipinski definition) is 6. The Kier molecular flexibility index (Phi) is 4.35. The van der Waals surface area contributed by atoms with Gasteiger partial charge in [0.2, 0.25) is 11.0 Å². The average Bonchev–Trinajstić information content (AvgIpc) is 3.16. The number of thiazole rings is 1. The molecule has 0 bridgehead atoms. The first-order valence-electron chi connectivity index (χ1n) is 7.44. The quantitative estimate of drug-likeness (QED) is 0.733. The van der Waals surface area contributed by atoms with E-state index in [0.717, 1.165) is 15.4 Å². The fourth-order valence-corrected chi connectivity index (χ4v) is 2.58. The van der Waals surface area contributed by atoms with Gasteiger partial charge in [-0.3, -0.25) is 0 Å². The highest BCUT2D eigenvalue weighted by molar-refractivity contribution is 7.16. The standard InChI is InChI=1S/C17H18N4O2S/c1-17(2,3)13-11-18-15(23-13)8-7-12-10-19-16(24-12)20-14-6-4-5-9-21(14)22/h4-11,22H,1-3H3/b8-7+,20-14+. The van der Waals surface area contributed by atoms with Gasteiger partial charge in [-0.15, -0.1) is 0 Å². The first-order valence-corrected chi connectivity index (χ1v) is 8.25. The molecule has 0 aromatic carbocycles. The summed E-state index contributed by atoms with van der Waals surface area (Å²) in [7, 11) is 0. The van der Waals surface area contributed by atoms with Gasteiger partial charge in [-0.25, -0.2) is 9.97 Å². The van der Waals surface area contributed by atoms with Crippen LogP contribution in [0.4, 0.5) is 5.13 Å². The summed E-state index contributed by atoms with van der Waals surface area (Å²) in [4.78, 5) is 13.7. The van der Waals surface area contributed by atoms with E-state index in [2.05, 4.69) is 35.7 Å². The molecule has 7 heteroatoms. The zero-order valence-electron chi connectivity index (χ0n) is 13.7. The van der Waals surface area contributed by atoms with Gasteiger partial charge in [-0.2, -0.15) is 9.72 Å². The predicted octanol–water partition coefficient (Wildman–Crippen LogP) is 3.87. The van der Waals surface area contributed by atoms with E-state index in [-0.39, 0.29) is 5.41 Å². The van der Waals surface area contributed by atoms with Gasteiger partial charge < -0.3 is 9.62 Å². The Labute approximate surface area is 143 Å². The minimum Gasteiger partial charge on any atom is -0.441 e. The van der Waals surface area contributed by atoms with Crippen LogP contribution in [-0.4, -0.2) is 19.9 Å². The van der Waals surface area contributed by atoms with E-state index in [4.69, 9.17) is 4.42 Å². The Morgan fingerprint density at radius 2 is 2.04 bits per heavy atom. The molecular weight excluding hydrogens is 324 g/mol. The maximum atomic E-state index is 9.66. The molecule has 0 aliphatic heterocycles. The van der Waals surface area contributed by atoms with E-state index in [0.29, 0.717) is 16.5 Å². The lowest BCUT2D eigenvalue weighted by molar-refractivity contribution is 0.172. The first kappa shape index (κ1) is 16.2. The molecule has 0 aliphatic rings. The molecule has 0 fully saturated rings. The summed E-state index contributed by atoms with van der Waals surface area (Å²) in [6, 6.07) is 5.23. The van der Waals surface area contributed by atoms with Gasteiger partial charge in [0.1, 0.15) is 5.76 Å². The molecular formula is C17H18N4O2S. The van der Waals surface area contributed by atoms with Gasteiger partial charge in [0.15, 0.2) is 5.49 Å². The van der Waals surface area contributed by atoms with Crippen molar-refractivity contribution in [3.8, 4) is 0 Å². The van der Waals surface area contributed by atoms with Crippen LogP contribution < -0.4 is 5.49 Å². The summed E-state index contributed by atoms with van der Waals surface area (Å²) in [6.07, 6.45) is 8.68. The molecule has 0 radical (unpaired) electrons. The highest BCUT2D eigenvalue weighted by Gasteiger charge is 2.18. The van der Waals surface area contributed by atoms with Gasteiger partial charge in [0.25, 0.3) is 0 Å². The number of rotatable bonds is 3. The molecule has 0 aliphatic carbocycles. The van der Waals surface area contributed by atoms with Gasteiger partial charge in [-0.05, 0) is 18.2 Å². The Morgan fingerprint density at radius 1 is 1.21 bits per heavy atom. The molecule has 0 saturated carbocycles. The maximum Gasteiger partial charge on any atom is 0.218 e. The van der Waals surface area contributed by atoms with Crippen LogP contribution in [-0.2, 0) is 5.41 Å². The molecule has 3 rings (SSSR count). The van der Waals surface area contributed by atoms with E-state index in [1.165, 1.54) is 17.5 Å². The van der Waals surface area contributed by atoms with E-state index in [1.54, 1.807) is 36.7 Å². The van der Waals surface area contributed by atoms with Crippen molar-refractivity contribution in [3.05, 3.63) is 58.8 Å². The largest absolute Gasteiger partial charge is 0.441 e. The number of pyridine rings is 1. The molecule has 6 nitrogen and oxygen atoms in total. The third-order valence-corrected chi connectivity index (χ3v) is 4.05. The smallest absolute Gasteiger partial charge is 0.218 e. The van der Waals surface area contributed by atoms with Gasteiger partial charge in [0.05, 0.1) is 6.20 Å². The van der Waals surface area contributed by atoms with Crippen molar-refractivity contribution in [2.24, 2.45) is 4.99 Å². The molecule has 3 aromatic rings. The van der Waals surface area contributed by atoms with Crippen LogP contribution in [0.3, 0.4) is 0 Å². The summed E-state index contributed by atoms with van der Waals surface area (Å²) < 4.78 is 6.67. The van der Waals surface area contributed by atoms with Crippen LogP contribution in [0.1, 0.15) is 37.3 Å². The lowest BCUT2D eigenvalue weighted by Gasteiger charge is -2.12. The van der Waals surface area contributed by atoms with E-state index < -0.39 is 0 Å². The molecule has 3 heterocycles. The highest BCUT2D eigenvalue weighted by Crippen LogP contribution is 2.25. The van der Waals surface area contributed by atoms with Crippen molar-refractivity contribution < 1.29 is 9.62 Å². The number of hydrogen-bond donors (Lipinski definition) is 1. The normalized spacial score (nSPS) is 13.0. The third-order valence-electron chi connectivity index (χ3n) is 3.19. The van der Waals surface area contributed by atoms with Crippen molar-refractivity contribution >= 4 is 28.6 Å². The fourth-order valence-electron chi connectivity index (χ4n) is 1.88. The molecule has 0 unspecified atom stereocenters. The summed E-state index contributed by atoms with van der Waals surface area (Å²) in [5.41, 5.74) is 0.357. The summed E-state index contributed by atoms with van der Waals surface area (Å²) in [5, 5.41) is 10.2. The SMILES string of the molecule is CC(C)(C)c1cnc(/C=C/c2cnc(/N=c3\ccccn3O)s2)o1. The highest BCUT2D eigenvalue weighted by atomic mass is 32.1. The van der Waals surface area contributed by atoms with Crippen molar-refractivity contribution in [1.29, 1.82) is 0 Å². The van der Waals surface area contributed by atoms with Crippen LogP contribution in [0.5, 0.6) is 0 Å². The average molecular weight is 342 g/mol.